The summed E-state index contributed by atoms with van der Waals surface area (Å²) in [5.74, 6) is 2.04. The van der Waals surface area contributed by atoms with Crippen molar-refractivity contribution in [2.75, 3.05) is 13.1 Å². The average molecular weight is 505 g/mol. The standard InChI is InChI=1S/C25H32INO2/c1-25(2,3)21-7-10-22(11-8-21)29-23-9-6-18-12-17(4-5-19(18)13-23)14-27-15-20(16-27)24(26)28/h4-6,9,12-13,20-22H,7-8,10-11,14-16H2,1-3H3/t21-,22+. The number of likely N-dealkylation sites (tertiary alicyclic amines) is 1. The van der Waals surface area contributed by atoms with Crippen molar-refractivity contribution in [1.82, 2.24) is 4.90 Å². The molecule has 0 N–H and O–H groups in total. The minimum absolute atomic E-state index is 0.231. The SMILES string of the molecule is CC(C)(C)[C@H]1CC[C@@H](Oc2ccc3cc(CN4CC(C(=O)I)C4)ccc3c2)CC1. The third-order valence-electron chi connectivity index (χ3n) is 6.76. The van der Waals surface area contributed by atoms with Crippen LogP contribution in [0.4, 0.5) is 0 Å². The van der Waals surface area contributed by atoms with Gasteiger partial charge in [-0.25, -0.2) is 0 Å². The van der Waals surface area contributed by atoms with Crippen LogP contribution in [-0.4, -0.2) is 27.9 Å². The first-order chi connectivity index (χ1) is 13.8. The molecule has 0 spiro atoms. The quantitative estimate of drug-likeness (QED) is 0.357. The van der Waals surface area contributed by atoms with E-state index in [0.717, 1.165) is 44.1 Å². The number of rotatable bonds is 5. The highest BCUT2D eigenvalue weighted by Crippen LogP contribution is 2.39. The Kier molecular flexibility index (Phi) is 6.22. The Balaban J connectivity index is 1.35. The van der Waals surface area contributed by atoms with Gasteiger partial charge in [0, 0.05) is 19.6 Å². The van der Waals surface area contributed by atoms with E-state index in [1.54, 1.807) is 0 Å². The maximum atomic E-state index is 11.4. The molecule has 1 saturated heterocycles. The van der Waals surface area contributed by atoms with E-state index in [0.29, 0.717) is 11.5 Å². The van der Waals surface area contributed by atoms with Crippen LogP contribution in [0.25, 0.3) is 10.8 Å². The molecule has 156 valence electrons. The Bertz CT molecular complexity index is 874. The summed E-state index contributed by atoms with van der Waals surface area (Å²) in [5, 5.41) is 2.49. The number of hydrogen-bond acceptors (Lipinski definition) is 3. The molecule has 29 heavy (non-hydrogen) atoms. The molecule has 1 aliphatic heterocycles. The Morgan fingerprint density at radius 3 is 2.34 bits per heavy atom. The van der Waals surface area contributed by atoms with E-state index in [-0.39, 0.29) is 9.71 Å². The second-order valence-electron chi connectivity index (χ2n) is 10.00. The number of ether oxygens (including phenoxy) is 1. The van der Waals surface area contributed by atoms with Crippen molar-refractivity contribution in [3.63, 3.8) is 0 Å². The van der Waals surface area contributed by atoms with Crippen molar-refractivity contribution in [2.45, 2.75) is 59.1 Å². The second kappa shape index (κ2) is 8.54. The fraction of sp³-hybridized carbons (Fsp3) is 0.560. The summed E-state index contributed by atoms with van der Waals surface area (Å²) in [6.07, 6.45) is 5.22. The fourth-order valence-electron chi connectivity index (χ4n) is 4.78. The molecule has 0 unspecified atom stereocenters. The first kappa shape index (κ1) is 21.1. The first-order valence-corrected chi connectivity index (χ1v) is 12.0. The highest BCUT2D eigenvalue weighted by molar-refractivity contribution is 14.1. The van der Waals surface area contributed by atoms with Gasteiger partial charge in [0.15, 0.2) is 3.79 Å². The molecule has 0 radical (unpaired) electrons. The van der Waals surface area contributed by atoms with Crippen molar-refractivity contribution in [1.29, 1.82) is 0 Å². The van der Waals surface area contributed by atoms with Crippen LogP contribution in [0.3, 0.4) is 0 Å². The molecule has 2 aromatic rings. The number of halogens is 1. The number of nitrogens with zero attached hydrogens (tertiary/aromatic N) is 1. The number of carbonyl (C=O) groups excluding carboxylic acids is 1. The zero-order valence-electron chi connectivity index (χ0n) is 17.8. The van der Waals surface area contributed by atoms with E-state index in [4.69, 9.17) is 4.74 Å². The lowest BCUT2D eigenvalue weighted by Gasteiger charge is -2.37. The van der Waals surface area contributed by atoms with Gasteiger partial charge in [-0.2, -0.15) is 0 Å². The third-order valence-corrected chi connectivity index (χ3v) is 7.64. The zero-order valence-corrected chi connectivity index (χ0v) is 19.9. The molecule has 0 amide bonds. The van der Waals surface area contributed by atoms with Gasteiger partial charge < -0.3 is 4.74 Å². The van der Waals surface area contributed by atoms with Crippen LogP contribution in [-0.2, 0) is 11.3 Å². The molecule has 0 aromatic heterocycles. The highest BCUT2D eigenvalue weighted by atomic mass is 127. The van der Waals surface area contributed by atoms with Crippen molar-refractivity contribution in [3.05, 3.63) is 42.0 Å². The summed E-state index contributed by atoms with van der Waals surface area (Å²) in [7, 11) is 0. The molecule has 1 aliphatic carbocycles. The molecule has 4 rings (SSSR count). The molecule has 3 nitrogen and oxygen atoms in total. The number of benzene rings is 2. The van der Waals surface area contributed by atoms with E-state index in [1.165, 1.54) is 29.2 Å². The van der Waals surface area contributed by atoms with Gasteiger partial charge in [-0.1, -0.05) is 39.0 Å². The smallest absolute Gasteiger partial charge is 0.198 e. The van der Waals surface area contributed by atoms with E-state index in [2.05, 4.69) is 62.1 Å². The monoisotopic (exact) mass is 505 g/mol. The van der Waals surface area contributed by atoms with Crippen LogP contribution in [0.5, 0.6) is 5.75 Å². The minimum atomic E-state index is 0.231. The fourth-order valence-corrected chi connectivity index (χ4v) is 5.18. The zero-order chi connectivity index (χ0) is 20.6. The predicted octanol–water partition coefficient (Wildman–Crippen LogP) is 6.22. The molecular formula is C25H32INO2. The molecule has 2 aliphatic rings. The Morgan fingerprint density at radius 2 is 1.69 bits per heavy atom. The molecule has 4 heteroatoms. The van der Waals surface area contributed by atoms with Crippen molar-refractivity contribution >= 4 is 37.2 Å². The van der Waals surface area contributed by atoms with Crippen molar-refractivity contribution in [3.8, 4) is 5.75 Å². The lowest BCUT2D eigenvalue weighted by Crippen LogP contribution is -2.48. The van der Waals surface area contributed by atoms with Crippen LogP contribution in [0, 0.1) is 17.3 Å². The molecule has 2 aromatic carbocycles. The van der Waals surface area contributed by atoms with Crippen LogP contribution in [0.2, 0.25) is 0 Å². The predicted molar refractivity (Wildman–Crippen MR) is 128 cm³/mol. The summed E-state index contributed by atoms with van der Waals surface area (Å²) in [6, 6.07) is 13.2. The van der Waals surface area contributed by atoms with Gasteiger partial charge in [-0.3, -0.25) is 9.69 Å². The Morgan fingerprint density at radius 1 is 1.03 bits per heavy atom. The average Bonchev–Trinajstić information content (AvgIpc) is 2.63. The topological polar surface area (TPSA) is 29.5 Å². The lowest BCUT2D eigenvalue weighted by molar-refractivity contribution is -0.117. The molecule has 0 bridgehead atoms. The first-order valence-electron chi connectivity index (χ1n) is 10.9. The maximum Gasteiger partial charge on any atom is 0.198 e. The number of fused-ring (bicyclic) bond motifs is 1. The van der Waals surface area contributed by atoms with E-state index in [1.807, 2.05) is 22.6 Å². The summed E-state index contributed by atoms with van der Waals surface area (Å²) in [6.45, 7) is 9.79. The Hall–Kier alpha value is -1.14. The van der Waals surface area contributed by atoms with Crippen LogP contribution < -0.4 is 4.74 Å². The van der Waals surface area contributed by atoms with E-state index < -0.39 is 0 Å². The molecule has 0 atom stereocenters. The minimum Gasteiger partial charge on any atom is -0.490 e. The highest BCUT2D eigenvalue weighted by Gasteiger charge is 2.31. The van der Waals surface area contributed by atoms with Gasteiger partial charge in [-0.05, 0) is 94.1 Å². The Labute approximate surface area is 188 Å². The van der Waals surface area contributed by atoms with E-state index >= 15 is 0 Å². The molecular weight excluding hydrogens is 473 g/mol. The van der Waals surface area contributed by atoms with Crippen molar-refractivity contribution < 1.29 is 9.53 Å². The van der Waals surface area contributed by atoms with Crippen LogP contribution >= 0.6 is 22.6 Å². The summed E-state index contributed by atoms with van der Waals surface area (Å²) >= 11 is 1.92. The molecule has 1 heterocycles. The van der Waals surface area contributed by atoms with Crippen LogP contribution in [0.1, 0.15) is 52.0 Å². The number of hydrogen-bond donors (Lipinski definition) is 0. The third kappa shape index (κ3) is 5.13. The van der Waals surface area contributed by atoms with Gasteiger partial charge in [0.2, 0.25) is 0 Å². The second-order valence-corrected chi connectivity index (χ2v) is 11.1. The van der Waals surface area contributed by atoms with Gasteiger partial charge >= 0.3 is 0 Å². The van der Waals surface area contributed by atoms with E-state index in [9.17, 15) is 4.79 Å². The van der Waals surface area contributed by atoms with Gasteiger partial charge in [-0.15, -0.1) is 0 Å². The molecule has 2 fully saturated rings. The molecule has 1 saturated carbocycles. The van der Waals surface area contributed by atoms with Gasteiger partial charge in [0.05, 0.1) is 12.0 Å². The largest absolute Gasteiger partial charge is 0.490 e. The lowest BCUT2D eigenvalue weighted by atomic mass is 9.72. The van der Waals surface area contributed by atoms with Crippen LogP contribution in [0.15, 0.2) is 36.4 Å². The summed E-state index contributed by atoms with van der Waals surface area (Å²) in [4.78, 5) is 13.7. The summed E-state index contributed by atoms with van der Waals surface area (Å²) < 4.78 is 6.63. The summed E-state index contributed by atoms with van der Waals surface area (Å²) in [5.41, 5.74) is 1.72. The maximum absolute atomic E-state index is 11.4. The van der Waals surface area contributed by atoms with Gasteiger partial charge in [0.25, 0.3) is 0 Å². The normalized spacial score (nSPS) is 23.7. The van der Waals surface area contributed by atoms with Crippen molar-refractivity contribution in [2.24, 2.45) is 17.3 Å². The van der Waals surface area contributed by atoms with Gasteiger partial charge in [0.1, 0.15) is 5.75 Å². The number of carbonyl (C=O) groups is 1.